The lowest BCUT2D eigenvalue weighted by molar-refractivity contribution is -0.125. The average molecular weight is 405 g/mol. The van der Waals surface area contributed by atoms with Crippen molar-refractivity contribution >= 4 is 63.9 Å². The summed E-state index contributed by atoms with van der Waals surface area (Å²) >= 11 is 22.6. The number of hydrogen-bond donors (Lipinski definition) is 2. The van der Waals surface area contributed by atoms with Gasteiger partial charge in [0, 0.05) is 11.2 Å². The Hall–Kier alpha value is -1.60. The van der Waals surface area contributed by atoms with Gasteiger partial charge in [-0.2, -0.15) is 0 Å². The van der Waals surface area contributed by atoms with Gasteiger partial charge in [0.2, 0.25) is 0 Å². The maximum absolute atomic E-state index is 12.1. The zero-order valence-electron chi connectivity index (χ0n) is 12.3. The van der Waals surface area contributed by atoms with Crippen LogP contribution in [0.4, 0.5) is 5.82 Å². The molecule has 0 radical (unpaired) electrons. The largest absolute Gasteiger partial charge is 0.479 e. The molecular formula is C15H12Cl3N3O2S. The highest BCUT2D eigenvalue weighted by atomic mass is 35.5. The molecule has 1 unspecified atom stereocenters. The molecule has 0 fully saturated rings. The molecule has 0 saturated carbocycles. The minimum absolute atomic E-state index is 0.0903. The van der Waals surface area contributed by atoms with Crippen LogP contribution in [-0.2, 0) is 4.79 Å². The number of thiocarbonyl (C=S) groups is 1. The fourth-order valence-corrected chi connectivity index (χ4v) is 2.40. The van der Waals surface area contributed by atoms with Gasteiger partial charge in [0.15, 0.2) is 11.2 Å². The minimum Gasteiger partial charge on any atom is -0.479 e. The first-order valence-corrected chi connectivity index (χ1v) is 8.24. The van der Waals surface area contributed by atoms with Crippen LogP contribution in [0.15, 0.2) is 36.5 Å². The molecule has 5 nitrogen and oxygen atoms in total. The molecule has 1 atom stereocenters. The molecule has 0 spiro atoms. The molecule has 0 aliphatic carbocycles. The molecule has 0 bridgehead atoms. The lowest BCUT2D eigenvalue weighted by Crippen LogP contribution is -2.42. The first-order chi connectivity index (χ1) is 11.3. The number of carbonyl (C=O) groups is 1. The van der Waals surface area contributed by atoms with E-state index in [9.17, 15) is 4.79 Å². The van der Waals surface area contributed by atoms with Crippen LogP contribution in [0, 0.1) is 0 Å². The number of hydrogen-bond acceptors (Lipinski definition) is 4. The van der Waals surface area contributed by atoms with E-state index in [1.54, 1.807) is 31.2 Å². The summed E-state index contributed by atoms with van der Waals surface area (Å²) in [5.41, 5.74) is 0. The fourth-order valence-electron chi connectivity index (χ4n) is 1.63. The lowest BCUT2D eigenvalue weighted by atomic mass is 10.3. The third kappa shape index (κ3) is 5.49. The third-order valence-corrected chi connectivity index (χ3v) is 3.73. The van der Waals surface area contributed by atoms with Crippen molar-refractivity contribution in [3.8, 4) is 5.75 Å². The van der Waals surface area contributed by atoms with Crippen LogP contribution < -0.4 is 15.4 Å². The summed E-state index contributed by atoms with van der Waals surface area (Å²) in [5, 5.41) is 6.65. The molecule has 1 aromatic carbocycles. The fraction of sp³-hybridized carbons (Fsp3) is 0.133. The molecule has 1 aromatic heterocycles. The van der Waals surface area contributed by atoms with Crippen molar-refractivity contribution in [1.29, 1.82) is 0 Å². The lowest BCUT2D eigenvalue weighted by Gasteiger charge is -2.16. The van der Waals surface area contributed by atoms with Crippen molar-refractivity contribution in [3.05, 3.63) is 51.6 Å². The zero-order valence-corrected chi connectivity index (χ0v) is 15.4. The second kappa shape index (κ2) is 8.48. The molecule has 1 heterocycles. The average Bonchev–Trinajstić information content (AvgIpc) is 2.52. The van der Waals surface area contributed by atoms with Gasteiger partial charge in [0.25, 0.3) is 5.91 Å². The van der Waals surface area contributed by atoms with Gasteiger partial charge < -0.3 is 10.1 Å². The van der Waals surface area contributed by atoms with Crippen molar-refractivity contribution in [2.75, 3.05) is 5.32 Å². The first-order valence-electron chi connectivity index (χ1n) is 6.70. The van der Waals surface area contributed by atoms with Crippen molar-refractivity contribution in [2.24, 2.45) is 0 Å². The van der Waals surface area contributed by atoms with Gasteiger partial charge >= 0.3 is 0 Å². The van der Waals surface area contributed by atoms with Gasteiger partial charge in [-0.25, -0.2) is 4.98 Å². The highest BCUT2D eigenvalue weighted by molar-refractivity contribution is 7.80. The normalized spacial score (nSPS) is 11.5. The summed E-state index contributed by atoms with van der Waals surface area (Å²) < 4.78 is 5.51. The van der Waals surface area contributed by atoms with Gasteiger partial charge in [-0.1, -0.05) is 34.8 Å². The van der Waals surface area contributed by atoms with Crippen molar-refractivity contribution in [1.82, 2.24) is 10.3 Å². The Balaban J connectivity index is 1.90. The summed E-state index contributed by atoms with van der Waals surface area (Å²) in [7, 11) is 0. The summed E-state index contributed by atoms with van der Waals surface area (Å²) in [5.74, 6) is 0.369. The number of anilines is 1. The van der Waals surface area contributed by atoms with E-state index in [-0.39, 0.29) is 5.11 Å². The number of amides is 1. The molecule has 2 aromatic rings. The number of halogens is 3. The van der Waals surface area contributed by atoms with E-state index < -0.39 is 12.0 Å². The Bertz CT molecular complexity index is 756. The van der Waals surface area contributed by atoms with Crippen LogP contribution in [-0.4, -0.2) is 22.1 Å². The topological polar surface area (TPSA) is 63.2 Å². The van der Waals surface area contributed by atoms with Crippen molar-refractivity contribution in [2.45, 2.75) is 13.0 Å². The standard InChI is InChI=1S/C15H12Cl3N3O2S/c1-8(23-12-4-2-9(16)6-11(12)18)14(22)21-15(24)20-13-5-3-10(17)7-19-13/h2-8H,1H3,(H2,19,20,21,22,24). The van der Waals surface area contributed by atoms with E-state index in [0.29, 0.717) is 26.6 Å². The van der Waals surface area contributed by atoms with Gasteiger partial charge in [0.05, 0.1) is 10.0 Å². The summed E-state index contributed by atoms with van der Waals surface area (Å²) in [6.45, 7) is 1.57. The van der Waals surface area contributed by atoms with Gasteiger partial charge in [-0.15, -0.1) is 0 Å². The van der Waals surface area contributed by atoms with Crippen LogP contribution >= 0.6 is 47.0 Å². The molecule has 0 saturated heterocycles. The molecule has 0 aliphatic heterocycles. The maximum Gasteiger partial charge on any atom is 0.266 e. The number of carbonyl (C=O) groups excluding carboxylic acids is 1. The number of pyridine rings is 1. The molecule has 2 rings (SSSR count). The molecular weight excluding hydrogens is 393 g/mol. The number of benzene rings is 1. The maximum atomic E-state index is 12.1. The quantitative estimate of drug-likeness (QED) is 0.743. The van der Waals surface area contributed by atoms with Crippen LogP contribution in [0.25, 0.3) is 0 Å². The Labute approximate surface area is 159 Å². The molecule has 2 N–H and O–H groups in total. The van der Waals surface area contributed by atoms with Crippen LogP contribution in [0.5, 0.6) is 5.75 Å². The van der Waals surface area contributed by atoms with E-state index in [1.165, 1.54) is 12.3 Å². The Kier molecular flexibility index (Phi) is 6.62. The van der Waals surface area contributed by atoms with E-state index in [0.717, 1.165) is 0 Å². The third-order valence-electron chi connectivity index (χ3n) is 2.77. The Morgan fingerprint density at radius 3 is 2.54 bits per heavy atom. The Morgan fingerprint density at radius 2 is 1.92 bits per heavy atom. The van der Waals surface area contributed by atoms with Crippen LogP contribution in [0.1, 0.15) is 6.92 Å². The SMILES string of the molecule is CC(Oc1ccc(Cl)cc1Cl)C(=O)NC(=S)Nc1ccc(Cl)cn1. The molecule has 1 amide bonds. The molecule has 0 aliphatic rings. The highest BCUT2D eigenvalue weighted by Crippen LogP contribution is 2.28. The molecule has 9 heteroatoms. The zero-order chi connectivity index (χ0) is 17.7. The molecule has 24 heavy (non-hydrogen) atoms. The number of ether oxygens (including phenoxy) is 1. The number of nitrogens with one attached hydrogen (secondary N) is 2. The summed E-state index contributed by atoms with van der Waals surface area (Å²) in [6, 6.07) is 8.01. The monoisotopic (exact) mass is 403 g/mol. The van der Waals surface area contributed by atoms with Gasteiger partial charge in [-0.3, -0.25) is 10.1 Å². The van der Waals surface area contributed by atoms with Crippen molar-refractivity contribution in [3.63, 3.8) is 0 Å². The van der Waals surface area contributed by atoms with Crippen molar-refractivity contribution < 1.29 is 9.53 Å². The second-order valence-electron chi connectivity index (χ2n) is 4.64. The summed E-state index contributed by atoms with van der Waals surface area (Å²) in [4.78, 5) is 16.1. The van der Waals surface area contributed by atoms with Crippen LogP contribution in [0.3, 0.4) is 0 Å². The number of rotatable bonds is 4. The minimum atomic E-state index is -0.818. The Morgan fingerprint density at radius 1 is 1.21 bits per heavy atom. The number of nitrogens with zero attached hydrogens (tertiary/aromatic N) is 1. The van der Waals surface area contributed by atoms with Crippen LogP contribution in [0.2, 0.25) is 15.1 Å². The molecule has 126 valence electrons. The second-order valence-corrected chi connectivity index (χ2v) is 6.33. The first kappa shape index (κ1) is 18.7. The van der Waals surface area contributed by atoms with E-state index >= 15 is 0 Å². The number of aromatic nitrogens is 1. The highest BCUT2D eigenvalue weighted by Gasteiger charge is 2.17. The predicted octanol–water partition coefficient (Wildman–Crippen LogP) is 4.32. The van der Waals surface area contributed by atoms with E-state index in [4.69, 9.17) is 51.8 Å². The smallest absolute Gasteiger partial charge is 0.266 e. The van der Waals surface area contributed by atoms with Gasteiger partial charge in [0.1, 0.15) is 11.6 Å². The summed E-state index contributed by atoms with van der Waals surface area (Å²) in [6.07, 6.45) is 0.643. The van der Waals surface area contributed by atoms with E-state index in [1.807, 2.05) is 0 Å². The van der Waals surface area contributed by atoms with E-state index in [2.05, 4.69) is 15.6 Å². The van der Waals surface area contributed by atoms with Gasteiger partial charge in [-0.05, 0) is 49.5 Å². The predicted molar refractivity (Wildman–Crippen MR) is 100 cm³/mol.